The van der Waals surface area contributed by atoms with E-state index in [0.29, 0.717) is 5.69 Å². The van der Waals surface area contributed by atoms with E-state index in [2.05, 4.69) is 36.7 Å². The molecule has 6 nitrogen and oxygen atoms in total. The third kappa shape index (κ3) is 4.20. The van der Waals surface area contributed by atoms with Crippen molar-refractivity contribution in [2.45, 2.75) is 31.1 Å². The van der Waals surface area contributed by atoms with Crippen LogP contribution >= 0.6 is 23.2 Å². The highest BCUT2D eigenvalue weighted by Crippen LogP contribution is 2.34. The molecule has 0 bridgehead atoms. The predicted octanol–water partition coefficient (Wildman–Crippen LogP) is 6.04. The number of aryl methyl sites for hydroxylation is 1. The minimum absolute atomic E-state index is 0.0104. The quantitative estimate of drug-likeness (QED) is 0.379. The van der Waals surface area contributed by atoms with E-state index in [4.69, 9.17) is 28.2 Å². The van der Waals surface area contributed by atoms with Gasteiger partial charge in [-0.05, 0) is 41.5 Å². The van der Waals surface area contributed by atoms with E-state index in [1.54, 1.807) is 29.1 Å². The summed E-state index contributed by atoms with van der Waals surface area (Å²) in [6, 6.07) is 13.7. The van der Waals surface area contributed by atoms with E-state index in [-0.39, 0.29) is 20.4 Å². The number of fused-ring (bicyclic) bond motifs is 1. The molecule has 4 aromatic rings. The zero-order valence-corrected chi connectivity index (χ0v) is 20.3. The first-order valence-corrected chi connectivity index (χ1v) is 12.1. The van der Waals surface area contributed by atoms with Crippen LogP contribution in [0.15, 0.2) is 59.6 Å². The van der Waals surface area contributed by atoms with Gasteiger partial charge in [0, 0.05) is 29.2 Å². The van der Waals surface area contributed by atoms with Crippen LogP contribution < -0.4 is 4.72 Å². The van der Waals surface area contributed by atoms with Crippen LogP contribution in [0.5, 0.6) is 0 Å². The van der Waals surface area contributed by atoms with Gasteiger partial charge in [-0.3, -0.25) is 9.40 Å². The van der Waals surface area contributed by atoms with Gasteiger partial charge in [0.25, 0.3) is 10.0 Å². The first-order valence-electron chi connectivity index (χ1n) is 9.88. The highest BCUT2D eigenvalue weighted by atomic mass is 35.5. The summed E-state index contributed by atoms with van der Waals surface area (Å²) in [5.41, 5.74) is 3.94. The second-order valence-corrected chi connectivity index (χ2v) is 11.0. The third-order valence-corrected chi connectivity index (χ3v) is 7.48. The Morgan fingerprint density at radius 1 is 1.03 bits per heavy atom. The van der Waals surface area contributed by atoms with Gasteiger partial charge in [-0.2, -0.15) is 5.10 Å². The van der Waals surface area contributed by atoms with Crippen LogP contribution in [0.4, 0.5) is 5.69 Å². The molecule has 2 aromatic heterocycles. The summed E-state index contributed by atoms with van der Waals surface area (Å²) in [7, 11) is -2.03. The Bertz CT molecular complexity index is 1420. The van der Waals surface area contributed by atoms with Gasteiger partial charge in [-0.1, -0.05) is 62.2 Å². The van der Waals surface area contributed by atoms with Crippen molar-refractivity contribution in [2.24, 2.45) is 7.05 Å². The number of sulfonamides is 1. The molecule has 0 unspecified atom stereocenters. The molecule has 4 rings (SSSR count). The van der Waals surface area contributed by atoms with Gasteiger partial charge in [0.15, 0.2) is 5.65 Å². The normalized spacial score (nSPS) is 12.3. The van der Waals surface area contributed by atoms with E-state index >= 15 is 0 Å². The molecule has 0 fully saturated rings. The zero-order chi connectivity index (χ0) is 23.3. The minimum Gasteiger partial charge on any atom is -0.280 e. The molecule has 2 aromatic carbocycles. The molecule has 0 aliphatic carbocycles. The van der Waals surface area contributed by atoms with Crippen LogP contribution in [0.2, 0.25) is 10.0 Å². The summed E-state index contributed by atoms with van der Waals surface area (Å²) in [6.07, 6.45) is 1.79. The number of hydrogen-bond acceptors (Lipinski definition) is 4. The summed E-state index contributed by atoms with van der Waals surface area (Å²) in [6.45, 7) is 6.33. The van der Waals surface area contributed by atoms with Gasteiger partial charge in [-0.15, -0.1) is 0 Å². The van der Waals surface area contributed by atoms with Crippen molar-refractivity contribution in [1.82, 2.24) is 14.8 Å². The summed E-state index contributed by atoms with van der Waals surface area (Å²) < 4.78 is 29.9. The van der Waals surface area contributed by atoms with E-state index in [0.717, 1.165) is 27.9 Å². The van der Waals surface area contributed by atoms with Gasteiger partial charge in [0.1, 0.15) is 4.90 Å². The van der Waals surface area contributed by atoms with E-state index in [1.807, 2.05) is 19.2 Å². The Kier molecular flexibility index (Phi) is 5.69. The highest BCUT2D eigenvalue weighted by molar-refractivity contribution is 7.92. The first kappa shape index (κ1) is 22.6. The number of aromatic nitrogens is 3. The molecule has 0 aliphatic heterocycles. The lowest BCUT2D eigenvalue weighted by molar-refractivity contribution is 0.570. The summed E-state index contributed by atoms with van der Waals surface area (Å²) in [5, 5.41) is 5.46. The van der Waals surface area contributed by atoms with Crippen LogP contribution in [-0.4, -0.2) is 23.2 Å². The lowest BCUT2D eigenvalue weighted by atomic mass is 9.89. The SMILES string of the molecule is Cn1ncc2c(-c3ccc(NS(=O)(=O)c4cccc(Cl)c4Cl)cc3)cc(C(C)(C)C)nc21. The number of benzene rings is 2. The molecule has 0 radical (unpaired) electrons. The maximum absolute atomic E-state index is 12.8. The van der Waals surface area contributed by atoms with Crippen molar-refractivity contribution < 1.29 is 8.42 Å². The van der Waals surface area contributed by atoms with Crippen molar-refractivity contribution in [3.05, 3.63) is 70.5 Å². The topological polar surface area (TPSA) is 76.9 Å². The maximum atomic E-state index is 12.8. The first-order chi connectivity index (χ1) is 15.0. The molecule has 0 spiro atoms. The standard InChI is InChI=1S/C23H22Cl2N4O2S/c1-23(2,3)20-12-16(17-13-26-29(4)22(17)27-20)14-8-10-15(11-9-14)28-32(30,31)19-7-5-6-18(24)21(19)25/h5-13,28H,1-4H3. The molecular weight excluding hydrogens is 467 g/mol. The molecule has 0 saturated heterocycles. The van der Waals surface area contributed by atoms with Crippen LogP contribution in [0.25, 0.3) is 22.2 Å². The number of nitrogens with zero attached hydrogens (tertiary/aromatic N) is 3. The lowest BCUT2D eigenvalue weighted by Gasteiger charge is -2.19. The van der Waals surface area contributed by atoms with Gasteiger partial charge < -0.3 is 0 Å². The number of rotatable bonds is 4. The smallest absolute Gasteiger partial charge is 0.263 e. The number of hydrogen-bond donors (Lipinski definition) is 1. The molecule has 1 N–H and O–H groups in total. The molecule has 2 heterocycles. The number of nitrogens with one attached hydrogen (secondary N) is 1. The van der Waals surface area contributed by atoms with Gasteiger partial charge in [-0.25, -0.2) is 13.4 Å². The molecule has 166 valence electrons. The van der Waals surface area contributed by atoms with E-state index in [1.165, 1.54) is 12.1 Å². The molecule has 0 aliphatic rings. The molecular formula is C23H22Cl2N4O2S. The van der Waals surface area contributed by atoms with Crippen molar-refractivity contribution in [2.75, 3.05) is 4.72 Å². The fourth-order valence-electron chi connectivity index (χ4n) is 3.36. The van der Waals surface area contributed by atoms with Gasteiger partial charge in [0.2, 0.25) is 0 Å². The van der Waals surface area contributed by atoms with Crippen molar-refractivity contribution >= 4 is 49.9 Å². The predicted molar refractivity (Wildman–Crippen MR) is 130 cm³/mol. The van der Waals surface area contributed by atoms with Crippen LogP contribution in [0.3, 0.4) is 0 Å². The molecule has 0 saturated carbocycles. The molecule has 32 heavy (non-hydrogen) atoms. The molecule has 0 atom stereocenters. The minimum atomic E-state index is -3.89. The third-order valence-electron chi connectivity index (χ3n) is 5.13. The number of halogens is 2. The maximum Gasteiger partial charge on any atom is 0.263 e. The largest absolute Gasteiger partial charge is 0.280 e. The van der Waals surface area contributed by atoms with Gasteiger partial charge >= 0.3 is 0 Å². The van der Waals surface area contributed by atoms with Crippen molar-refractivity contribution in [3.8, 4) is 11.1 Å². The molecule has 9 heteroatoms. The summed E-state index contributed by atoms with van der Waals surface area (Å²) in [5.74, 6) is 0. The van der Waals surface area contributed by atoms with E-state index < -0.39 is 10.0 Å². The summed E-state index contributed by atoms with van der Waals surface area (Å²) in [4.78, 5) is 4.72. The fourth-order valence-corrected chi connectivity index (χ4v) is 5.18. The molecule has 0 amide bonds. The van der Waals surface area contributed by atoms with Crippen LogP contribution in [-0.2, 0) is 22.5 Å². The second kappa shape index (κ2) is 8.06. The Morgan fingerprint density at radius 3 is 2.38 bits per heavy atom. The average Bonchev–Trinajstić information content (AvgIpc) is 3.10. The van der Waals surface area contributed by atoms with E-state index in [9.17, 15) is 8.42 Å². The summed E-state index contributed by atoms with van der Waals surface area (Å²) >= 11 is 12.1. The Labute approximate surface area is 197 Å². The number of pyridine rings is 1. The Morgan fingerprint density at radius 2 is 1.72 bits per heavy atom. The highest BCUT2D eigenvalue weighted by Gasteiger charge is 2.21. The van der Waals surface area contributed by atoms with Gasteiger partial charge in [0.05, 0.1) is 16.2 Å². The van der Waals surface area contributed by atoms with Crippen LogP contribution in [0.1, 0.15) is 26.5 Å². The monoisotopic (exact) mass is 488 g/mol. The van der Waals surface area contributed by atoms with Crippen molar-refractivity contribution in [3.63, 3.8) is 0 Å². The Balaban J connectivity index is 1.72. The second-order valence-electron chi connectivity index (χ2n) is 8.55. The fraction of sp³-hybridized carbons (Fsp3) is 0.217. The van der Waals surface area contributed by atoms with Crippen LogP contribution in [0, 0.1) is 0 Å². The average molecular weight is 489 g/mol. The lowest BCUT2D eigenvalue weighted by Crippen LogP contribution is -2.14. The zero-order valence-electron chi connectivity index (χ0n) is 18.0. The van der Waals surface area contributed by atoms with Crippen molar-refractivity contribution in [1.29, 1.82) is 0 Å². The number of anilines is 1. The Hall–Kier alpha value is -2.61.